The third-order valence-corrected chi connectivity index (χ3v) is 9.16. The highest BCUT2D eigenvalue weighted by Crippen LogP contribution is 2.58. The second kappa shape index (κ2) is 7.75. The standard InChI is InChI=1S/C22H25NP/c1-2-12-22(23)24(19-13-6-3-7-14-19,20-15-8-4-9-16-20)21-17-10-5-11-18-21/h3-11,13-18,22H,2,12,23H2,1H3/q+1. The molecular formula is C22H25NP+. The first-order chi connectivity index (χ1) is 11.8. The van der Waals surface area contributed by atoms with Crippen molar-refractivity contribution in [3.05, 3.63) is 91.0 Å². The molecule has 122 valence electrons. The van der Waals surface area contributed by atoms with Gasteiger partial charge in [-0.3, -0.25) is 5.73 Å². The van der Waals surface area contributed by atoms with Crippen LogP contribution in [0.4, 0.5) is 0 Å². The molecule has 24 heavy (non-hydrogen) atoms. The van der Waals surface area contributed by atoms with E-state index in [0.717, 1.165) is 12.8 Å². The third-order valence-electron chi connectivity index (χ3n) is 4.57. The minimum absolute atomic E-state index is 0.120. The molecule has 0 amide bonds. The van der Waals surface area contributed by atoms with Gasteiger partial charge in [-0.1, -0.05) is 67.9 Å². The molecule has 0 aliphatic carbocycles. The van der Waals surface area contributed by atoms with Crippen molar-refractivity contribution in [2.75, 3.05) is 0 Å². The first kappa shape index (κ1) is 16.9. The molecule has 2 heteroatoms. The van der Waals surface area contributed by atoms with E-state index < -0.39 is 7.26 Å². The molecule has 0 radical (unpaired) electrons. The Morgan fingerprint density at radius 1 is 0.667 bits per heavy atom. The number of hydrogen-bond donors (Lipinski definition) is 1. The van der Waals surface area contributed by atoms with Gasteiger partial charge in [-0.25, -0.2) is 0 Å². The van der Waals surface area contributed by atoms with Crippen LogP contribution in [0.3, 0.4) is 0 Å². The molecule has 1 nitrogen and oxygen atoms in total. The Labute approximate surface area is 145 Å². The van der Waals surface area contributed by atoms with E-state index in [0.29, 0.717) is 0 Å². The summed E-state index contributed by atoms with van der Waals surface area (Å²) in [6.07, 6.45) is 2.11. The first-order valence-electron chi connectivity index (χ1n) is 8.61. The van der Waals surface area contributed by atoms with E-state index in [1.165, 1.54) is 15.9 Å². The molecule has 0 bridgehead atoms. The van der Waals surface area contributed by atoms with E-state index in [-0.39, 0.29) is 5.78 Å². The normalized spacial score (nSPS) is 12.8. The lowest BCUT2D eigenvalue weighted by Crippen LogP contribution is -2.42. The van der Waals surface area contributed by atoms with Crippen LogP contribution in [0.15, 0.2) is 91.0 Å². The predicted octanol–water partition coefficient (Wildman–Crippen LogP) is 4.07. The lowest BCUT2D eigenvalue weighted by Gasteiger charge is -2.32. The van der Waals surface area contributed by atoms with Gasteiger partial charge in [-0.15, -0.1) is 0 Å². The Kier molecular flexibility index (Phi) is 5.45. The van der Waals surface area contributed by atoms with Crippen molar-refractivity contribution in [3.8, 4) is 0 Å². The van der Waals surface area contributed by atoms with Crippen LogP contribution in [0.25, 0.3) is 0 Å². The van der Waals surface area contributed by atoms with Crippen molar-refractivity contribution < 1.29 is 0 Å². The average molecular weight is 334 g/mol. The Balaban J connectivity index is 2.33. The molecule has 0 heterocycles. The molecule has 3 aromatic carbocycles. The summed E-state index contributed by atoms with van der Waals surface area (Å²) in [6.45, 7) is 2.22. The smallest absolute Gasteiger partial charge is 0.131 e. The quantitative estimate of drug-likeness (QED) is 0.676. The van der Waals surface area contributed by atoms with Crippen LogP contribution in [0.2, 0.25) is 0 Å². The molecule has 3 rings (SSSR count). The zero-order valence-corrected chi connectivity index (χ0v) is 15.1. The fraction of sp³-hybridized carbons (Fsp3) is 0.182. The topological polar surface area (TPSA) is 26.0 Å². The highest BCUT2D eigenvalue weighted by Gasteiger charge is 2.50. The zero-order chi connectivity index (χ0) is 16.8. The molecule has 0 aliphatic rings. The van der Waals surface area contributed by atoms with E-state index in [1.54, 1.807) is 0 Å². The summed E-state index contributed by atoms with van der Waals surface area (Å²) in [5.74, 6) is 0.120. The first-order valence-corrected chi connectivity index (χ1v) is 10.5. The van der Waals surface area contributed by atoms with Crippen LogP contribution in [-0.4, -0.2) is 5.78 Å². The Morgan fingerprint density at radius 2 is 1.00 bits per heavy atom. The highest BCUT2D eigenvalue weighted by atomic mass is 31.2. The Bertz CT molecular complexity index is 644. The van der Waals surface area contributed by atoms with Crippen molar-refractivity contribution in [1.29, 1.82) is 0 Å². The molecule has 0 aromatic heterocycles. The fourth-order valence-electron chi connectivity index (χ4n) is 3.50. The van der Waals surface area contributed by atoms with Gasteiger partial charge < -0.3 is 0 Å². The van der Waals surface area contributed by atoms with Crippen molar-refractivity contribution in [2.24, 2.45) is 5.73 Å². The molecule has 0 aliphatic heterocycles. The van der Waals surface area contributed by atoms with Gasteiger partial charge in [-0.2, -0.15) is 0 Å². The summed E-state index contributed by atoms with van der Waals surface area (Å²) in [7, 11) is -1.88. The molecule has 1 atom stereocenters. The minimum Gasteiger partial charge on any atom is -0.296 e. The molecule has 0 spiro atoms. The second-order valence-electron chi connectivity index (χ2n) is 6.09. The lowest BCUT2D eigenvalue weighted by atomic mass is 10.3. The lowest BCUT2D eigenvalue weighted by molar-refractivity contribution is 0.756. The summed E-state index contributed by atoms with van der Waals surface area (Å²) in [5.41, 5.74) is 6.91. The molecule has 0 saturated heterocycles. The van der Waals surface area contributed by atoms with Gasteiger partial charge in [0.1, 0.15) is 29.0 Å². The van der Waals surface area contributed by atoms with E-state index in [2.05, 4.69) is 97.9 Å². The van der Waals surface area contributed by atoms with Gasteiger partial charge in [0.05, 0.1) is 0 Å². The van der Waals surface area contributed by atoms with Gasteiger partial charge in [0, 0.05) is 0 Å². The van der Waals surface area contributed by atoms with Crippen LogP contribution in [0, 0.1) is 0 Å². The van der Waals surface area contributed by atoms with Crippen LogP contribution >= 0.6 is 7.26 Å². The van der Waals surface area contributed by atoms with Crippen LogP contribution in [0.5, 0.6) is 0 Å². The largest absolute Gasteiger partial charge is 0.296 e. The Hall–Kier alpha value is -1.95. The van der Waals surface area contributed by atoms with Gasteiger partial charge >= 0.3 is 0 Å². The molecule has 2 N–H and O–H groups in total. The maximum atomic E-state index is 6.91. The van der Waals surface area contributed by atoms with Gasteiger partial charge in [0.15, 0.2) is 0 Å². The average Bonchev–Trinajstić information content (AvgIpc) is 2.65. The van der Waals surface area contributed by atoms with Gasteiger partial charge in [0.2, 0.25) is 0 Å². The summed E-state index contributed by atoms with van der Waals surface area (Å²) >= 11 is 0. The number of rotatable bonds is 6. The third kappa shape index (κ3) is 3.02. The van der Waals surface area contributed by atoms with Crippen molar-refractivity contribution >= 4 is 23.2 Å². The minimum atomic E-state index is -1.88. The van der Waals surface area contributed by atoms with Gasteiger partial charge in [0.25, 0.3) is 0 Å². The summed E-state index contributed by atoms with van der Waals surface area (Å²) in [5, 5.41) is 4.09. The number of nitrogens with two attached hydrogens (primary N) is 1. The SMILES string of the molecule is CCCC(N)[P+](c1ccccc1)(c1ccccc1)c1ccccc1. The fourth-order valence-corrected chi connectivity index (χ4v) is 8.12. The van der Waals surface area contributed by atoms with Crippen molar-refractivity contribution in [1.82, 2.24) is 0 Å². The molecular weight excluding hydrogens is 309 g/mol. The van der Waals surface area contributed by atoms with Crippen LogP contribution < -0.4 is 21.6 Å². The predicted molar refractivity (Wildman–Crippen MR) is 108 cm³/mol. The molecule has 0 fully saturated rings. The van der Waals surface area contributed by atoms with E-state index >= 15 is 0 Å². The summed E-state index contributed by atoms with van der Waals surface area (Å²) in [4.78, 5) is 0. The Morgan fingerprint density at radius 3 is 1.29 bits per heavy atom. The van der Waals surface area contributed by atoms with E-state index in [1.807, 2.05) is 0 Å². The van der Waals surface area contributed by atoms with E-state index in [9.17, 15) is 0 Å². The maximum Gasteiger partial charge on any atom is 0.131 e. The second-order valence-corrected chi connectivity index (χ2v) is 9.74. The van der Waals surface area contributed by atoms with Crippen LogP contribution in [-0.2, 0) is 0 Å². The van der Waals surface area contributed by atoms with Crippen LogP contribution in [0.1, 0.15) is 19.8 Å². The molecule has 1 unspecified atom stereocenters. The zero-order valence-electron chi connectivity index (χ0n) is 14.2. The van der Waals surface area contributed by atoms with Gasteiger partial charge in [-0.05, 0) is 42.8 Å². The summed E-state index contributed by atoms with van der Waals surface area (Å²) < 4.78 is 0. The van der Waals surface area contributed by atoms with Crippen molar-refractivity contribution in [3.63, 3.8) is 0 Å². The summed E-state index contributed by atoms with van der Waals surface area (Å²) in [6, 6.07) is 32.6. The number of benzene rings is 3. The molecule has 3 aromatic rings. The maximum absolute atomic E-state index is 6.91. The van der Waals surface area contributed by atoms with E-state index in [4.69, 9.17) is 5.73 Å². The molecule has 0 saturated carbocycles. The monoisotopic (exact) mass is 334 g/mol. The van der Waals surface area contributed by atoms with Crippen molar-refractivity contribution in [2.45, 2.75) is 25.5 Å². The number of hydrogen-bond acceptors (Lipinski definition) is 1. The highest BCUT2D eigenvalue weighted by molar-refractivity contribution is 7.96.